The summed E-state index contributed by atoms with van der Waals surface area (Å²) in [7, 11) is 0. The Hall–Kier alpha value is -0.0800. The van der Waals surface area contributed by atoms with Crippen molar-refractivity contribution in [3.05, 3.63) is 0 Å². The Bertz CT molecular complexity index is 239. The molecule has 2 fully saturated rings. The van der Waals surface area contributed by atoms with Gasteiger partial charge in [0, 0.05) is 12.1 Å². The van der Waals surface area contributed by atoms with E-state index in [0.717, 1.165) is 36.4 Å². The summed E-state index contributed by atoms with van der Waals surface area (Å²) < 4.78 is 0. The molecule has 100 valence electrons. The first kappa shape index (κ1) is 13.4. The van der Waals surface area contributed by atoms with Crippen LogP contribution in [0.2, 0.25) is 0 Å². The van der Waals surface area contributed by atoms with Gasteiger partial charge >= 0.3 is 0 Å². The van der Waals surface area contributed by atoms with Crippen molar-refractivity contribution in [1.29, 1.82) is 0 Å². The third kappa shape index (κ3) is 2.85. The van der Waals surface area contributed by atoms with E-state index in [1.54, 1.807) is 0 Å². The van der Waals surface area contributed by atoms with Crippen molar-refractivity contribution in [2.75, 3.05) is 13.1 Å². The summed E-state index contributed by atoms with van der Waals surface area (Å²) in [5, 5.41) is 0. The summed E-state index contributed by atoms with van der Waals surface area (Å²) in [5.41, 5.74) is 6.00. The zero-order valence-electron chi connectivity index (χ0n) is 11.9. The Morgan fingerprint density at radius 1 is 1.24 bits per heavy atom. The van der Waals surface area contributed by atoms with Gasteiger partial charge in [0.2, 0.25) is 0 Å². The largest absolute Gasteiger partial charge is 0.330 e. The number of nitrogens with zero attached hydrogens (tertiary/aromatic N) is 1. The lowest BCUT2D eigenvalue weighted by atomic mass is 9.77. The van der Waals surface area contributed by atoms with Crippen LogP contribution in [0.5, 0.6) is 0 Å². The van der Waals surface area contributed by atoms with E-state index in [2.05, 4.69) is 25.7 Å². The van der Waals surface area contributed by atoms with Crippen LogP contribution in [0.1, 0.15) is 52.9 Å². The van der Waals surface area contributed by atoms with Crippen LogP contribution in [0, 0.1) is 17.8 Å². The molecule has 2 aliphatic rings. The van der Waals surface area contributed by atoms with Gasteiger partial charge in [0.1, 0.15) is 0 Å². The van der Waals surface area contributed by atoms with Crippen LogP contribution < -0.4 is 5.73 Å². The first-order valence-electron chi connectivity index (χ1n) is 7.59. The summed E-state index contributed by atoms with van der Waals surface area (Å²) in [6, 6.07) is 1.60. The lowest BCUT2D eigenvalue weighted by molar-refractivity contribution is 0.0599. The highest BCUT2D eigenvalue weighted by Gasteiger charge is 2.38. The number of likely N-dealkylation sites (tertiary alicyclic amines) is 1. The van der Waals surface area contributed by atoms with E-state index in [9.17, 15) is 0 Å². The predicted octanol–water partition coefficient (Wildman–Crippen LogP) is 2.87. The molecule has 0 aromatic carbocycles. The summed E-state index contributed by atoms with van der Waals surface area (Å²) in [6.45, 7) is 9.38. The van der Waals surface area contributed by atoms with E-state index in [1.165, 1.54) is 38.6 Å². The van der Waals surface area contributed by atoms with E-state index >= 15 is 0 Å². The minimum atomic E-state index is 0.755. The number of hydrogen-bond acceptors (Lipinski definition) is 2. The van der Waals surface area contributed by atoms with Crippen molar-refractivity contribution >= 4 is 0 Å². The molecule has 17 heavy (non-hydrogen) atoms. The van der Waals surface area contributed by atoms with Gasteiger partial charge in [-0.05, 0) is 56.5 Å². The van der Waals surface area contributed by atoms with Crippen LogP contribution in [0.4, 0.5) is 0 Å². The maximum absolute atomic E-state index is 6.00. The average molecular weight is 238 g/mol. The van der Waals surface area contributed by atoms with E-state index in [0.29, 0.717) is 0 Å². The SMILES string of the molecule is CC1CCC(CN)C(N2CCCC2C(C)C)C1. The summed E-state index contributed by atoms with van der Waals surface area (Å²) in [5.74, 6) is 2.45. The zero-order valence-corrected chi connectivity index (χ0v) is 11.9. The number of rotatable bonds is 3. The van der Waals surface area contributed by atoms with Crippen LogP contribution in [0.25, 0.3) is 0 Å². The predicted molar refractivity (Wildman–Crippen MR) is 73.9 cm³/mol. The molecule has 1 saturated heterocycles. The fourth-order valence-electron chi connectivity index (χ4n) is 4.04. The maximum atomic E-state index is 6.00. The molecule has 0 radical (unpaired) electrons. The topological polar surface area (TPSA) is 29.3 Å². The van der Waals surface area contributed by atoms with Crippen molar-refractivity contribution in [3.8, 4) is 0 Å². The fourth-order valence-corrected chi connectivity index (χ4v) is 4.04. The molecular formula is C15H30N2. The van der Waals surface area contributed by atoms with Crippen LogP contribution in [0.3, 0.4) is 0 Å². The normalized spacial score (nSPS) is 40.1. The Morgan fingerprint density at radius 3 is 2.65 bits per heavy atom. The molecule has 4 unspecified atom stereocenters. The van der Waals surface area contributed by atoms with Crippen molar-refractivity contribution < 1.29 is 0 Å². The van der Waals surface area contributed by atoms with Gasteiger partial charge in [-0.25, -0.2) is 0 Å². The van der Waals surface area contributed by atoms with Gasteiger partial charge in [-0.15, -0.1) is 0 Å². The van der Waals surface area contributed by atoms with Gasteiger partial charge in [0.05, 0.1) is 0 Å². The number of nitrogens with two attached hydrogens (primary N) is 1. The molecule has 0 aromatic heterocycles. The molecule has 1 aliphatic heterocycles. The maximum Gasteiger partial charge on any atom is 0.0141 e. The Morgan fingerprint density at radius 2 is 2.00 bits per heavy atom. The molecule has 4 atom stereocenters. The Labute approximate surface area is 107 Å². The summed E-state index contributed by atoms with van der Waals surface area (Å²) in [4.78, 5) is 2.82. The van der Waals surface area contributed by atoms with Gasteiger partial charge in [0.15, 0.2) is 0 Å². The highest BCUT2D eigenvalue weighted by molar-refractivity contribution is 4.93. The van der Waals surface area contributed by atoms with Gasteiger partial charge < -0.3 is 5.73 Å². The lowest BCUT2D eigenvalue weighted by Crippen LogP contribution is -2.49. The molecule has 0 amide bonds. The van der Waals surface area contributed by atoms with Crippen LogP contribution in [-0.2, 0) is 0 Å². The monoisotopic (exact) mass is 238 g/mol. The van der Waals surface area contributed by atoms with Gasteiger partial charge in [-0.2, -0.15) is 0 Å². The lowest BCUT2D eigenvalue weighted by Gasteiger charge is -2.43. The molecule has 2 N–H and O–H groups in total. The minimum Gasteiger partial charge on any atom is -0.330 e. The van der Waals surface area contributed by atoms with Crippen molar-refractivity contribution in [1.82, 2.24) is 4.90 Å². The second-order valence-corrected chi connectivity index (χ2v) is 6.67. The molecule has 2 rings (SSSR count). The molecule has 1 aliphatic carbocycles. The summed E-state index contributed by atoms with van der Waals surface area (Å²) in [6.07, 6.45) is 6.91. The number of hydrogen-bond donors (Lipinski definition) is 1. The van der Waals surface area contributed by atoms with E-state index < -0.39 is 0 Å². The van der Waals surface area contributed by atoms with E-state index in [1.807, 2.05) is 0 Å². The fraction of sp³-hybridized carbons (Fsp3) is 1.00. The standard InChI is InChI=1S/C15H30N2/c1-11(2)14-5-4-8-17(14)15-9-12(3)6-7-13(15)10-16/h11-15H,4-10,16H2,1-3H3. The highest BCUT2D eigenvalue weighted by atomic mass is 15.2. The zero-order chi connectivity index (χ0) is 12.4. The second-order valence-electron chi connectivity index (χ2n) is 6.67. The van der Waals surface area contributed by atoms with Gasteiger partial charge in [0.25, 0.3) is 0 Å². The van der Waals surface area contributed by atoms with Crippen molar-refractivity contribution in [2.24, 2.45) is 23.5 Å². The summed E-state index contributed by atoms with van der Waals surface area (Å²) >= 11 is 0. The molecule has 1 saturated carbocycles. The minimum absolute atomic E-state index is 0.755. The molecule has 0 bridgehead atoms. The third-order valence-electron chi connectivity index (χ3n) is 5.06. The van der Waals surface area contributed by atoms with Crippen LogP contribution in [-0.4, -0.2) is 30.1 Å². The first-order chi connectivity index (χ1) is 8.13. The van der Waals surface area contributed by atoms with Gasteiger partial charge in [-0.1, -0.05) is 27.2 Å². The molecule has 0 spiro atoms. The molecule has 0 aromatic rings. The average Bonchev–Trinajstić information content (AvgIpc) is 2.77. The smallest absolute Gasteiger partial charge is 0.0141 e. The van der Waals surface area contributed by atoms with Crippen molar-refractivity contribution in [3.63, 3.8) is 0 Å². The van der Waals surface area contributed by atoms with Gasteiger partial charge in [-0.3, -0.25) is 4.90 Å². The Balaban J connectivity index is 2.07. The molecular weight excluding hydrogens is 208 g/mol. The second kappa shape index (κ2) is 5.71. The Kier molecular flexibility index (Phi) is 4.48. The quantitative estimate of drug-likeness (QED) is 0.819. The molecule has 2 heteroatoms. The van der Waals surface area contributed by atoms with Crippen LogP contribution >= 0.6 is 0 Å². The van der Waals surface area contributed by atoms with Crippen LogP contribution in [0.15, 0.2) is 0 Å². The highest BCUT2D eigenvalue weighted by Crippen LogP contribution is 2.36. The van der Waals surface area contributed by atoms with Crippen molar-refractivity contribution in [2.45, 2.75) is 65.0 Å². The molecule has 1 heterocycles. The molecule has 2 nitrogen and oxygen atoms in total. The third-order valence-corrected chi connectivity index (χ3v) is 5.06. The van der Waals surface area contributed by atoms with E-state index in [4.69, 9.17) is 5.73 Å². The first-order valence-corrected chi connectivity index (χ1v) is 7.59. The van der Waals surface area contributed by atoms with E-state index in [-0.39, 0.29) is 0 Å².